The summed E-state index contributed by atoms with van der Waals surface area (Å²) in [6.45, 7) is 8.67. The number of carboxylic acids is 1. The summed E-state index contributed by atoms with van der Waals surface area (Å²) < 4.78 is 0. The maximum absolute atomic E-state index is 12.2. The van der Waals surface area contributed by atoms with Crippen LogP contribution in [0.5, 0.6) is 5.75 Å². The van der Waals surface area contributed by atoms with E-state index in [1.54, 1.807) is 6.07 Å². The number of hydrogen-bond donors (Lipinski definition) is 1. The SMILES string of the molecule is CC(C)CCCc1cc(CCCC(C)C)c([O-])c(C(=O)O)c1.[Zn+2]. The average Bonchev–Trinajstić information content (AvgIpc) is 2.40. The minimum atomic E-state index is -1.11. The fourth-order valence-corrected chi connectivity index (χ4v) is 2.66. The fraction of sp³-hybridized carbons (Fsp3) is 0.632. The molecule has 0 radical (unpaired) electrons. The van der Waals surface area contributed by atoms with Gasteiger partial charge in [-0.05, 0) is 49.1 Å². The van der Waals surface area contributed by atoms with Crippen molar-refractivity contribution in [1.82, 2.24) is 0 Å². The summed E-state index contributed by atoms with van der Waals surface area (Å²) in [5.74, 6) is -0.170. The number of carboxylic acid groups (broad SMARTS) is 1. The number of carbonyl (C=O) groups is 1. The first-order chi connectivity index (χ1) is 10.3. The zero-order valence-electron chi connectivity index (χ0n) is 15.0. The topological polar surface area (TPSA) is 60.4 Å². The van der Waals surface area contributed by atoms with Gasteiger partial charge in [0.05, 0.1) is 5.56 Å². The molecule has 0 saturated carbocycles. The van der Waals surface area contributed by atoms with Crippen LogP contribution in [0.25, 0.3) is 0 Å². The van der Waals surface area contributed by atoms with Gasteiger partial charge in [0.2, 0.25) is 0 Å². The fourth-order valence-electron chi connectivity index (χ4n) is 2.66. The monoisotopic (exact) mass is 369 g/mol. The largest absolute Gasteiger partial charge is 2.00 e. The van der Waals surface area contributed by atoms with E-state index in [0.29, 0.717) is 23.8 Å². The van der Waals surface area contributed by atoms with Crippen LogP contribution in [0, 0.1) is 11.8 Å². The van der Waals surface area contributed by atoms with Gasteiger partial charge in [0.1, 0.15) is 0 Å². The third-order valence-electron chi connectivity index (χ3n) is 3.93. The Morgan fingerprint density at radius 3 is 2.04 bits per heavy atom. The van der Waals surface area contributed by atoms with E-state index in [9.17, 15) is 15.0 Å². The van der Waals surface area contributed by atoms with Gasteiger partial charge in [-0.1, -0.05) is 57.9 Å². The summed E-state index contributed by atoms with van der Waals surface area (Å²) >= 11 is 0. The van der Waals surface area contributed by atoms with Crippen molar-refractivity contribution in [3.05, 3.63) is 28.8 Å². The zero-order chi connectivity index (χ0) is 16.7. The Morgan fingerprint density at radius 2 is 1.57 bits per heavy atom. The molecule has 0 unspecified atom stereocenters. The second-order valence-electron chi connectivity index (χ2n) is 7.01. The quantitative estimate of drug-likeness (QED) is 0.655. The van der Waals surface area contributed by atoms with Crippen molar-refractivity contribution in [3.8, 4) is 5.75 Å². The van der Waals surface area contributed by atoms with E-state index in [-0.39, 0.29) is 30.8 Å². The third-order valence-corrected chi connectivity index (χ3v) is 3.93. The molecule has 23 heavy (non-hydrogen) atoms. The molecule has 0 aromatic heterocycles. The first-order valence-corrected chi connectivity index (χ1v) is 8.37. The number of aryl methyl sites for hydroxylation is 2. The molecule has 0 aliphatic rings. The molecule has 0 atom stereocenters. The van der Waals surface area contributed by atoms with E-state index in [1.807, 2.05) is 6.07 Å². The molecular formula is C19H29O3Zn+. The van der Waals surface area contributed by atoms with E-state index in [4.69, 9.17) is 0 Å². The Kier molecular flexibility index (Phi) is 10.4. The molecule has 0 spiro atoms. The molecule has 0 amide bonds. The smallest absolute Gasteiger partial charge is 0.872 e. The van der Waals surface area contributed by atoms with Crippen molar-refractivity contribution in [2.75, 3.05) is 0 Å². The van der Waals surface area contributed by atoms with Gasteiger partial charge in [0.25, 0.3) is 0 Å². The Labute approximate surface area is 153 Å². The van der Waals surface area contributed by atoms with Crippen LogP contribution in [0.15, 0.2) is 12.1 Å². The van der Waals surface area contributed by atoms with Crippen molar-refractivity contribution in [3.63, 3.8) is 0 Å². The van der Waals surface area contributed by atoms with Gasteiger partial charge in [-0.25, -0.2) is 4.79 Å². The van der Waals surface area contributed by atoms with Crippen molar-refractivity contribution in [1.29, 1.82) is 0 Å². The van der Waals surface area contributed by atoms with Crippen molar-refractivity contribution in [2.45, 2.75) is 66.2 Å². The summed E-state index contributed by atoms with van der Waals surface area (Å²) in [4.78, 5) is 11.3. The molecule has 0 heterocycles. The molecule has 0 fully saturated rings. The predicted molar refractivity (Wildman–Crippen MR) is 88.4 cm³/mol. The number of benzene rings is 1. The molecule has 0 aliphatic heterocycles. The molecule has 4 heteroatoms. The molecule has 1 N–H and O–H groups in total. The molecule has 3 nitrogen and oxygen atoms in total. The summed E-state index contributed by atoms with van der Waals surface area (Å²) in [5.41, 5.74) is 1.58. The molecule has 1 rings (SSSR count). The van der Waals surface area contributed by atoms with Crippen LogP contribution in [0.2, 0.25) is 0 Å². The van der Waals surface area contributed by atoms with Crippen molar-refractivity contribution in [2.24, 2.45) is 11.8 Å². The van der Waals surface area contributed by atoms with Crippen molar-refractivity contribution < 1.29 is 34.5 Å². The van der Waals surface area contributed by atoms with Gasteiger partial charge in [-0.2, -0.15) is 0 Å². The van der Waals surface area contributed by atoms with Crippen LogP contribution < -0.4 is 5.11 Å². The molecular weight excluding hydrogens is 342 g/mol. The maximum Gasteiger partial charge on any atom is 2.00 e. The van der Waals surface area contributed by atoms with Gasteiger partial charge in [-0.3, -0.25) is 0 Å². The second kappa shape index (κ2) is 10.8. The molecule has 0 saturated heterocycles. The van der Waals surface area contributed by atoms with Gasteiger partial charge >= 0.3 is 25.4 Å². The average molecular weight is 371 g/mol. The number of hydrogen-bond acceptors (Lipinski definition) is 2. The van der Waals surface area contributed by atoms with E-state index >= 15 is 0 Å². The Hall–Kier alpha value is -0.887. The predicted octanol–water partition coefficient (Wildman–Crippen LogP) is 4.41. The van der Waals surface area contributed by atoms with Gasteiger partial charge in [0, 0.05) is 0 Å². The van der Waals surface area contributed by atoms with Crippen LogP contribution in [0.4, 0.5) is 0 Å². The molecule has 1 aromatic carbocycles. The molecule has 0 bridgehead atoms. The number of rotatable bonds is 9. The van der Waals surface area contributed by atoms with Gasteiger partial charge in [-0.15, -0.1) is 0 Å². The molecule has 1 aromatic rings. The van der Waals surface area contributed by atoms with Crippen LogP contribution in [0.1, 0.15) is 74.9 Å². The van der Waals surface area contributed by atoms with Crippen LogP contribution in [-0.2, 0) is 32.3 Å². The summed E-state index contributed by atoms with van der Waals surface area (Å²) in [6, 6.07) is 3.49. The van der Waals surface area contributed by atoms with Crippen LogP contribution in [0.3, 0.4) is 0 Å². The Bertz CT molecular complexity index is 496. The van der Waals surface area contributed by atoms with Crippen molar-refractivity contribution >= 4 is 5.97 Å². The van der Waals surface area contributed by atoms with E-state index in [2.05, 4.69) is 27.7 Å². The first-order valence-electron chi connectivity index (χ1n) is 8.37. The normalized spacial score (nSPS) is 10.9. The molecule has 0 aliphatic carbocycles. The van der Waals surface area contributed by atoms with E-state index < -0.39 is 5.97 Å². The summed E-state index contributed by atoms with van der Waals surface area (Å²) in [5, 5.41) is 21.5. The summed E-state index contributed by atoms with van der Waals surface area (Å²) in [7, 11) is 0. The molecule has 124 valence electrons. The maximum atomic E-state index is 12.2. The van der Waals surface area contributed by atoms with Gasteiger partial charge in [0.15, 0.2) is 0 Å². The minimum absolute atomic E-state index is 0. The van der Waals surface area contributed by atoms with Crippen LogP contribution in [-0.4, -0.2) is 11.1 Å². The van der Waals surface area contributed by atoms with Crippen LogP contribution >= 0.6 is 0 Å². The third kappa shape index (κ3) is 7.97. The standard InChI is InChI=1S/C19H30O3.Zn/c1-13(2)7-5-9-15-11-16(10-6-8-14(3)4)18(20)17(12-15)19(21)22;/h11-14,20H,5-10H2,1-4H3,(H,21,22);/q;+2/p-1. The van der Waals surface area contributed by atoms with Gasteiger partial charge < -0.3 is 10.2 Å². The Balaban J connectivity index is 0.00000484. The number of aromatic carboxylic acids is 1. The Morgan fingerprint density at radius 1 is 1.04 bits per heavy atom. The zero-order valence-corrected chi connectivity index (χ0v) is 18.0. The first kappa shape index (κ1) is 22.1. The summed E-state index contributed by atoms with van der Waals surface area (Å²) in [6.07, 6.45) is 5.65. The second-order valence-corrected chi connectivity index (χ2v) is 7.01. The van der Waals surface area contributed by atoms with E-state index in [1.165, 1.54) is 0 Å². The van der Waals surface area contributed by atoms with E-state index in [0.717, 1.165) is 37.7 Å². The minimum Gasteiger partial charge on any atom is -0.872 e.